The number of nitrogens with one attached hydrogen (secondary N) is 1. The maximum absolute atomic E-state index is 12.4. The lowest BCUT2D eigenvalue weighted by Gasteiger charge is -2.15. The van der Waals surface area contributed by atoms with Crippen LogP contribution in [0.2, 0.25) is 0 Å². The molecule has 0 unspecified atom stereocenters. The minimum Gasteiger partial charge on any atom is -0.497 e. The first kappa shape index (κ1) is 21.1. The summed E-state index contributed by atoms with van der Waals surface area (Å²) in [5.41, 5.74) is 2.66. The van der Waals surface area contributed by atoms with Crippen molar-refractivity contribution in [1.29, 1.82) is 0 Å². The van der Waals surface area contributed by atoms with Crippen molar-refractivity contribution in [2.24, 2.45) is 0 Å². The van der Waals surface area contributed by atoms with E-state index in [1.165, 1.54) is 11.8 Å². The van der Waals surface area contributed by atoms with E-state index >= 15 is 0 Å². The second-order valence-corrected chi connectivity index (χ2v) is 7.03. The van der Waals surface area contributed by atoms with Crippen LogP contribution in [0.3, 0.4) is 0 Å². The Balaban J connectivity index is 1.69. The van der Waals surface area contributed by atoms with Gasteiger partial charge in [0.25, 0.3) is 0 Å². The molecular weight excluding hydrogens is 384 g/mol. The van der Waals surface area contributed by atoms with Gasteiger partial charge in [-0.2, -0.15) is 0 Å². The quantitative estimate of drug-likeness (QED) is 0.629. The largest absolute Gasteiger partial charge is 0.497 e. The molecule has 0 atom stereocenters. The standard InChI is InChI=1S/C23H24N2O5/c1-14-19-10-9-18(29-4)13-21(19)30-23(28)20(14)11-12-22(27)24-16-5-7-17(8-6-16)25(3)15(2)26/h5-10,13H,11-12H2,1-4H3,(H,24,27). The fourth-order valence-corrected chi connectivity index (χ4v) is 3.20. The van der Waals surface area contributed by atoms with E-state index in [-0.39, 0.29) is 24.7 Å². The molecular formula is C23H24N2O5. The number of aryl methyl sites for hydroxylation is 1. The highest BCUT2D eigenvalue weighted by Gasteiger charge is 2.14. The molecule has 3 rings (SSSR count). The van der Waals surface area contributed by atoms with Gasteiger partial charge in [0.1, 0.15) is 11.3 Å². The fourth-order valence-electron chi connectivity index (χ4n) is 3.20. The van der Waals surface area contributed by atoms with Gasteiger partial charge in [0, 0.05) is 48.8 Å². The van der Waals surface area contributed by atoms with Gasteiger partial charge in [0.15, 0.2) is 0 Å². The minimum atomic E-state index is -0.447. The number of ether oxygens (including phenoxy) is 1. The fraction of sp³-hybridized carbons (Fsp3) is 0.261. The van der Waals surface area contributed by atoms with Crippen LogP contribution in [0.15, 0.2) is 51.7 Å². The number of rotatable bonds is 6. The zero-order chi connectivity index (χ0) is 21.8. The van der Waals surface area contributed by atoms with Crippen molar-refractivity contribution in [2.75, 3.05) is 24.4 Å². The van der Waals surface area contributed by atoms with Crippen molar-refractivity contribution >= 4 is 34.2 Å². The van der Waals surface area contributed by atoms with Crippen molar-refractivity contribution in [1.82, 2.24) is 0 Å². The molecule has 0 fully saturated rings. The molecule has 3 aromatic rings. The van der Waals surface area contributed by atoms with Crippen LogP contribution in [-0.2, 0) is 16.0 Å². The van der Waals surface area contributed by atoms with E-state index in [9.17, 15) is 14.4 Å². The number of carbonyl (C=O) groups excluding carboxylic acids is 2. The highest BCUT2D eigenvalue weighted by Crippen LogP contribution is 2.24. The van der Waals surface area contributed by atoms with Crippen LogP contribution in [0.25, 0.3) is 11.0 Å². The maximum atomic E-state index is 12.4. The van der Waals surface area contributed by atoms with E-state index < -0.39 is 5.63 Å². The lowest BCUT2D eigenvalue weighted by atomic mass is 10.0. The summed E-state index contributed by atoms with van der Waals surface area (Å²) in [6, 6.07) is 12.3. The highest BCUT2D eigenvalue weighted by atomic mass is 16.5. The van der Waals surface area contributed by atoms with Crippen LogP contribution in [-0.4, -0.2) is 26.0 Å². The molecule has 0 aliphatic carbocycles. The predicted molar refractivity (Wildman–Crippen MR) is 116 cm³/mol. The Morgan fingerprint density at radius 2 is 1.83 bits per heavy atom. The number of carbonyl (C=O) groups is 2. The Labute approximate surface area is 174 Å². The maximum Gasteiger partial charge on any atom is 0.339 e. The van der Waals surface area contributed by atoms with E-state index in [1.54, 1.807) is 50.6 Å². The predicted octanol–water partition coefficient (Wildman–Crippen LogP) is 3.66. The molecule has 156 valence electrons. The van der Waals surface area contributed by atoms with Crippen LogP contribution in [0.4, 0.5) is 11.4 Å². The summed E-state index contributed by atoms with van der Waals surface area (Å²) in [5, 5.41) is 3.62. The van der Waals surface area contributed by atoms with E-state index in [2.05, 4.69) is 5.32 Å². The van der Waals surface area contributed by atoms with E-state index in [0.29, 0.717) is 22.6 Å². The molecule has 0 spiro atoms. The number of hydrogen-bond acceptors (Lipinski definition) is 5. The first-order valence-electron chi connectivity index (χ1n) is 9.54. The van der Waals surface area contributed by atoms with Crippen LogP contribution in [0.5, 0.6) is 5.75 Å². The summed E-state index contributed by atoms with van der Waals surface area (Å²) in [5.74, 6) is 0.323. The summed E-state index contributed by atoms with van der Waals surface area (Å²) >= 11 is 0. The van der Waals surface area contributed by atoms with E-state index in [4.69, 9.17) is 9.15 Å². The molecule has 1 heterocycles. The van der Waals surface area contributed by atoms with Gasteiger partial charge in [-0.3, -0.25) is 9.59 Å². The number of nitrogens with zero attached hydrogens (tertiary/aromatic N) is 1. The van der Waals surface area contributed by atoms with Crippen molar-refractivity contribution in [3.05, 3.63) is 64.0 Å². The second-order valence-electron chi connectivity index (χ2n) is 7.03. The van der Waals surface area contributed by atoms with Gasteiger partial charge in [0.2, 0.25) is 11.8 Å². The molecule has 0 aliphatic rings. The number of fused-ring (bicyclic) bond motifs is 1. The minimum absolute atomic E-state index is 0.0742. The van der Waals surface area contributed by atoms with E-state index in [0.717, 1.165) is 16.6 Å². The molecule has 30 heavy (non-hydrogen) atoms. The van der Waals surface area contributed by atoms with Crippen molar-refractivity contribution in [2.45, 2.75) is 26.7 Å². The Bertz CT molecular complexity index is 1150. The van der Waals surface area contributed by atoms with Crippen molar-refractivity contribution in [3.8, 4) is 5.75 Å². The first-order chi connectivity index (χ1) is 14.3. The molecule has 1 aromatic heterocycles. The molecule has 2 aromatic carbocycles. The summed E-state index contributed by atoms with van der Waals surface area (Å²) < 4.78 is 10.6. The average molecular weight is 408 g/mol. The SMILES string of the molecule is COc1ccc2c(C)c(CCC(=O)Nc3ccc(N(C)C(C)=O)cc3)c(=O)oc2c1. The van der Waals surface area contributed by atoms with Crippen LogP contribution < -0.4 is 20.6 Å². The lowest BCUT2D eigenvalue weighted by molar-refractivity contribution is -0.117. The smallest absolute Gasteiger partial charge is 0.339 e. The molecule has 7 heteroatoms. The topological polar surface area (TPSA) is 88.9 Å². The third-order valence-electron chi connectivity index (χ3n) is 5.11. The van der Waals surface area contributed by atoms with Crippen LogP contribution in [0.1, 0.15) is 24.5 Å². The summed E-state index contributed by atoms with van der Waals surface area (Å²) in [6.45, 7) is 3.33. The highest BCUT2D eigenvalue weighted by molar-refractivity contribution is 5.93. The molecule has 0 aliphatic heterocycles. The van der Waals surface area contributed by atoms with Gasteiger partial charge >= 0.3 is 5.63 Å². The molecule has 2 amide bonds. The number of anilines is 2. The Morgan fingerprint density at radius 1 is 1.13 bits per heavy atom. The molecule has 0 saturated heterocycles. The summed E-state index contributed by atoms with van der Waals surface area (Å²) in [4.78, 5) is 37.7. The number of benzene rings is 2. The normalized spacial score (nSPS) is 10.7. The third kappa shape index (κ3) is 4.51. The third-order valence-corrected chi connectivity index (χ3v) is 5.11. The van der Waals surface area contributed by atoms with Gasteiger partial charge in [0.05, 0.1) is 7.11 Å². The first-order valence-corrected chi connectivity index (χ1v) is 9.54. The van der Waals surface area contributed by atoms with Crippen molar-refractivity contribution in [3.63, 3.8) is 0 Å². The Hall–Kier alpha value is -3.61. The molecule has 0 bridgehead atoms. The van der Waals surface area contributed by atoms with Crippen LogP contribution in [0, 0.1) is 6.92 Å². The molecule has 0 radical (unpaired) electrons. The number of hydrogen-bond donors (Lipinski definition) is 1. The van der Waals surface area contributed by atoms with Gasteiger partial charge in [-0.05, 0) is 55.3 Å². The summed E-state index contributed by atoms with van der Waals surface area (Å²) in [7, 11) is 3.23. The average Bonchev–Trinajstić information content (AvgIpc) is 2.73. The Kier molecular flexibility index (Phi) is 6.20. The Morgan fingerprint density at radius 3 is 2.47 bits per heavy atom. The van der Waals surface area contributed by atoms with Gasteiger partial charge in [-0.25, -0.2) is 4.79 Å². The van der Waals surface area contributed by atoms with Crippen molar-refractivity contribution < 1.29 is 18.7 Å². The molecule has 1 N–H and O–H groups in total. The monoisotopic (exact) mass is 408 g/mol. The van der Waals surface area contributed by atoms with Crippen LogP contribution >= 0.6 is 0 Å². The lowest BCUT2D eigenvalue weighted by Crippen LogP contribution is -2.22. The molecule has 7 nitrogen and oxygen atoms in total. The number of methoxy groups -OCH3 is 1. The van der Waals surface area contributed by atoms with Gasteiger partial charge in [-0.15, -0.1) is 0 Å². The summed E-state index contributed by atoms with van der Waals surface area (Å²) in [6.07, 6.45) is 0.412. The molecule has 0 saturated carbocycles. The number of amides is 2. The zero-order valence-corrected chi connectivity index (χ0v) is 17.4. The van der Waals surface area contributed by atoms with Gasteiger partial charge < -0.3 is 19.4 Å². The van der Waals surface area contributed by atoms with Gasteiger partial charge in [-0.1, -0.05) is 0 Å². The van der Waals surface area contributed by atoms with E-state index in [1.807, 2.05) is 13.0 Å². The second kappa shape index (κ2) is 8.82. The zero-order valence-electron chi connectivity index (χ0n) is 17.4.